The summed E-state index contributed by atoms with van der Waals surface area (Å²) in [6, 6.07) is 8.81. The SMILES string of the molecule is CCN(CC)S(=O)(=O)c1cccc(Nc2sc(C)nc2OC(=O)Nc2ccc(F)cn2)c1. The van der Waals surface area contributed by atoms with Gasteiger partial charge in [-0.25, -0.2) is 27.6 Å². The molecule has 9 nitrogen and oxygen atoms in total. The zero-order valence-electron chi connectivity index (χ0n) is 17.6. The first-order valence-corrected chi connectivity index (χ1v) is 11.9. The number of aryl methyl sites for hydroxylation is 1. The summed E-state index contributed by atoms with van der Waals surface area (Å²) in [5.74, 6) is -0.396. The molecule has 0 saturated heterocycles. The molecule has 0 bridgehead atoms. The van der Waals surface area contributed by atoms with Crippen molar-refractivity contribution in [2.24, 2.45) is 0 Å². The van der Waals surface area contributed by atoms with Crippen LogP contribution in [0.15, 0.2) is 47.5 Å². The number of nitrogens with one attached hydrogen (secondary N) is 2. The number of halogens is 1. The van der Waals surface area contributed by atoms with E-state index < -0.39 is 21.9 Å². The standard InChI is InChI=1S/C20H22FN5O4S2/c1-4-26(5-2)32(28,29)16-8-6-7-15(11-16)24-19-18(23-13(3)31-19)30-20(27)25-17-10-9-14(21)12-22-17/h6-12,24H,4-5H2,1-3H3,(H,22,25,27). The molecule has 0 spiro atoms. The van der Waals surface area contributed by atoms with Crippen molar-refractivity contribution in [2.75, 3.05) is 23.7 Å². The first kappa shape index (κ1) is 23.6. The van der Waals surface area contributed by atoms with Crippen LogP contribution >= 0.6 is 11.3 Å². The van der Waals surface area contributed by atoms with Gasteiger partial charge in [0.2, 0.25) is 10.0 Å². The van der Waals surface area contributed by atoms with Gasteiger partial charge in [0, 0.05) is 18.8 Å². The fourth-order valence-electron chi connectivity index (χ4n) is 2.80. The van der Waals surface area contributed by atoms with E-state index in [9.17, 15) is 17.6 Å². The quantitative estimate of drug-likeness (QED) is 0.493. The molecule has 0 atom stereocenters. The average Bonchev–Trinajstić information content (AvgIpc) is 3.09. The molecular weight excluding hydrogens is 457 g/mol. The second kappa shape index (κ2) is 10.0. The van der Waals surface area contributed by atoms with Crippen molar-refractivity contribution in [1.29, 1.82) is 0 Å². The van der Waals surface area contributed by atoms with E-state index in [4.69, 9.17) is 4.74 Å². The molecule has 0 aliphatic carbocycles. The number of hydrogen-bond acceptors (Lipinski definition) is 8. The van der Waals surface area contributed by atoms with Crippen LogP contribution in [0.2, 0.25) is 0 Å². The molecule has 32 heavy (non-hydrogen) atoms. The van der Waals surface area contributed by atoms with Crippen molar-refractivity contribution in [1.82, 2.24) is 14.3 Å². The molecule has 170 valence electrons. The molecule has 3 rings (SSSR count). The molecule has 3 aromatic rings. The molecule has 0 radical (unpaired) electrons. The minimum atomic E-state index is -3.63. The Labute approximate surface area is 189 Å². The van der Waals surface area contributed by atoms with E-state index in [-0.39, 0.29) is 16.6 Å². The number of pyridine rings is 1. The maximum Gasteiger partial charge on any atom is 0.419 e. The highest BCUT2D eigenvalue weighted by molar-refractivity contribution is 7.89. The molecule has 1 amide bonds. The average molecular weight is 480 g/mol. The van der Waals surface area contributed by atoms with Gasteiger partial charge < -0.3 is 10.1 Å². The summed E-state index contributed by atoms with van der Waals surface area (Å²) in [5.41, 5.74) is 0.493. The highest BCUT2D eigenvalue weighted by atomic mass is 32.2. The van der Waals surface area contributed by atoms with Crippen LogP contribution in [0.25, 0.3) is 0 Å². The number of hydrogen-bond donors (Lipinski definition) is 2. The van der Waals surface area contributed by atoms with Crippen molar-refractivity contribution in [3.8, 4) is 5.88 Å². The van der Waals surface area contributed by atoms with Gasteiger partial charge in [0.25, 0.3) is 5.88 Å². The van der Waals surface area contributed by atoms with Gasteiger partial charge in [0.05, 0.1) is 16.1 Å². The van der Waals surface area contributed by atoms with Crippen molar-refractivity contribution in [3.63, 3.8) is 0 Å². The van der Waals surface area contributed by atoms with Gasteiger partial charge in [-0.1, -0.05) is 31.3 Å². The summed E-state index contributed by atoms with van der Waals surface area (Å²) in [7, 11) is -3.63. The largest absolute Gasteiger partial charge is 0.419 e. The predicted molar refractivity (Wildman–Crippen MR) is 121 cm³/mol. The molecule has 12 heteroatoms. The third-order valence-corrected chi connectivity index (χ3v) is 7.20. The molecular formula is C20H22FN5O4S2. The lowest BCUT2D eigenvalue weighted by molar-refractivity contribution is 0.213. The van der Waals surface area contributed by atoms with Crippen molar-refractivity contribution >= 4 is 44.0 Å². The maximum atomic E-state index is 13.0. The van der Waals surface area contributed by atoms with Crippen molar-refractivity contribution in [2.45, 2.75) is 25.7 Å². The van der Waals surface area contributed by atoms with E-state index in [1.807, 2.05) is 0 Å². The van der Waals surface area contributed by atoms with Crippen LogP contribution in [0.4, 0.5) is 25.7 Å². The maximum absolute atomic E-state index is 13.0. The van der Waals surface area contributed by atoms with Gasteiger partial charge in [-0.3, -0.25) is 5.32 Å². The number of amides is 1. The van der Waals surface area contributed by atoms with E-state index >= 15 is 0 Å². The fraction of sp³-hybridized carbons (Fsp3) is 0.250. The molecule has 2 heterocycles. The van der Waals surface area contributed by atoms with Gasteiger partial charge in [-0.2, -0.15) is 4.31 Å². The lowest BCUT2D eigenvalue weighted by Gasteiger charge is -2.19. The lowest BCUT2D eigenvalue weighted by Crippen LogP contribution is -2.30. The number of anilines is 3. The Morgan fingerprint density at radius 1 is 1.22 bits per heavy atom. The van der Waals surface area contributed by atoms with Gasteiger partial charge >= 0.3 is 6.09 Å². The third kappa shape index (κ3) is 5.58. The van der Waals surface area contributed by atoms with Crippen LogP contribution in [0.1, 0.15) is 18.9 Å². The van der Waals surface area contributed by atoms with Gasteiger partial charge in [0.1, 0.15) is 11.6 Å². The number of sulfonamides is 1. The van der Waals surface area contributed by atoms with E-state index in [1.54, 1.807) is 32.9 Å². The summed E-state index contributed by atoms with van der Waals surface area (Å²) in [5, 5.41) is 6.49. The van der Waals surface area contributed by atoms with Crippen LogP contribution < -0.4 is 15.4 Å². The van der Waals surface area contributed by atoms with E-state index in [1.165, 1.54) is 33.8 Å². The molecule has 0 fully saturated rings. The zero-order chi connectivity index (χ0) is 23.3. The summed E-state index contributed by atoms with van der Waals surface area (Å²) in [6.07, 6.45) is 0.116. The van der Waals surface area contributed by atoms with Crippen LogP contribution in [0, 0.1) is 12.7 Å². The molecule has 0 aliphatic heterocycles. The number of nitrogens with zero attached hydrogens (tertiary/aromatic N) is 3. The van der Waals surface area contributed by atoms with Gasteiger partial charge in [-0.15, -0.1) is 0 Å². The second-order valence-electron chi connectivity index (χ2n) is 6.49. The number of rotatable bonds is 8. The molecule has 0 unspecified atom stereocenters. The van der Waals surface area contributed by atoms with Gasteiger partial charge in [0.15, 0.2) is 5.00 Å². The highest BCUT2D eigenvalue weighted by Crippen LogP contribution is 2.34. The Bertz CT molecular complexity index is 1190. The zero-order valence-corrected chi connectivity index (χ0v) is 19.3. The first-order chi connectivity index (χ1) is 15.2. The fourth-order valence-corrected chi connectivity index (χ4v) is 5.07. The summed E-state index contributed by atoms with van der Waals surface area (Å²) >= 11 is 1.24. The van der Waals surface area contributed by atoms with E-state index in [0.29, 0.717) is 28.8 Å². The van der Waals surface area contributed by atoms with Crippen LogP contribution in [0.5, 0.6) is 5.88 Å². The number of carbonyl (C=O) groups excluding carboxylic acids is 1. The Kier molecular flexibility index (Phi) is 7.38. The first-order valence-electron chi connectivity index (χ1n) is 9.68. The molecule has 1 aromatic carbocycles. The number of ether oxygens (including phenoxy) is 1. The minimum Gasteiger partial charge on any atom is -0.388 e. The third-order valence-electron chi connectivity index (χ3n) is 4.28. The summed E-state index contributed by atoms with van der Waals surface area (Å²) in [4.78, 5) is 20.3. The van der Waals surface area contributed by atoms with E-state index in [0.717, 1.165) is 12.3 Å². The van der Waals surface area contributed by atoms with Crippen molar-refractivity contribution in [3.05, 3.63) is 53.4 Å². The number of carbonyl (C=O) groups is 1. The van der Waals surface area contributed by atoms with Crippen LogP contribution in [0.3, 0.4) is 0 Å². The molecule has 0 aliphatic rings. The Morgan fingerprint density at radius 3 is 2.62 bits per heavy atom. The number of aromatic nitrogens is 2. The lowest BCUT2D eigenvalue weighted by atomic mass is 10.3. The number of thiazole rings is 1. The Hall–Kier alpha value is -3.09. The molecule has 2 aromatic heterocycles. The van der Waals surface area contributed by atoms with Crippen LogP contribution in [-0.4, -0.2) is 41.9 Å². The number of benzene rings is 1. The topological polar surface area (TPSA) is 114 Å². The normalized spacial score (nSPS) is 11.4. The summed E-state index contributed by atoms with van der Waals surface area (Å²) < 4.78 is 45.2. The smallest absolute Gasteiger partial charge is 0.388 e. The Balaban J connectivity index is 1.78. The van der Waals surface area contributed by atoms with Crippen LogP contribution in [-0.2, 0) is 10.0 Å². The van der Waals surface area contributed by atoms with Crippen molar-refractivity contribution < 1.29 is 22.3 Å². The molecule has 0 saturated carbocycles. The van der Waals surface area contributed by atoms with Gasteiger partial charge in [-0.05, 0) is 37.3 Å². The minimum absolute atomic E-state index is 0.0177. The second-order valence-corrected chi connectivity index (χ2v) is 9.63. The monoisotopic (exact) mass is 479 g/mol. The highest BCUT2D eigenvalue weighted by Gasteiger charge is 2.22. The summed E-state index contributed by atoms with van der Waals surface area (Å²) in [6.45, 7) is 6.02. The van der Waals surface area contributed by atoms with E-state index in [2.05, 4.69) is 20.6 Å². The Morgan fingerprint density at radius 2 is 1.97 bits per heavy atom. The molecule has 2 N–H and O–H groups in total. The predicted octanol–water partition coefficient (Wildman–Crippen LogP) is 4.37.